The molecule has 0 radical (unpaired) electrons. The fourth-order valence-corrected chi connectivity index (χ4v) is 2.16. The van der Waals surface area contributed by atoms with Crippen molar-refractivity contribution in [3.63, 3.8) is 0 Å². The minimum absolute atomic E-state index is 0.352. The van der Waals surface area contributed by atoms with E-state index in [1.165, 1.54) is 6.33 Å². The Bertz CT molecular complexity index is 776. The number of hydrogen-bond acceptors (Lipinski definition) is 6. The van der Waals surface area contributed by atoms with E-state index < -0.39 is 6.10 Å². The van der Waals surface area contributed by atoms with Crippen molar-refractivity contribution in [3.05, 3.63) is 35.5 Å². The molecule has 8 nitrogen and oxygen atoms in total. The van der Waals surface area contributed by atoms with Gasteiger partial charge in [-0.15, -0.1) is 0 Å². The quantitative estimate of drug-likeness (QED) is 0.730. The summed E-state index contributed by atoms with van der Waals surface area (Å²) < 4.78 is 3.30. The maximum absolute atomic E-state index is 10.2. The minimum Gasteiger partial charge on any atom is -0.386 e. The van der Waals surface area contributed by atoms with Crippen LogP contribution < -0.4 is 5.32 Å². The third-order valence-electron chi connectivity index (χ3n) is 3.48. The third kappa shape index (κ3) is 2.45. The molecule has 2 N–H and O–H groups in total. The molecule has 0 saturated carbocycles. The lowest BCUT2D eigenvalue weighted by Gasteiger charge is -2.15. The minimum atomic E-state index is -0.648. The molecule has 3 rings (SSSR count). The zero-order valence-corrected chi connectivity index (χ0v) is 12.1. The highest BCUT2D eigenvalue weighted by atomic mass is 16.3. The highest BCUT2D eigenvalue weighted by Gasteiger charge is 2.14. The standard InChI is InChI=1S/C13H17N7O/c1-8-9(2)18-13-15-7-17-20(13)12(8)14-5-11(21)10-4-16-19(3)6-10/h4,6-7,11,14,21H,5H2,1-3H3. The van der Waals surface area contributed by atoms with Crippen LogP contribution in [0.3, 0.4) is 0 Å². The topological polar surface area (TPSA) is 93.2 Å². The van der Waals surface area contributed by atoms with Crippen LogP contribution in [-0.2, 0) is 7.05 Å². The molecule has 0 saturated heterocycles. The number of aromatic nitrogens is 6. The number of anilines is 1. The molecule has 0 bridgehead atoms. The van der Waals surface area contributed by atoms with E-state index in [4.69, 9.17) is 0 Å². The van der Waals surface area contributed by atoms with Gasteiger partial charge in [0.25, 0.3) is 5.78 Å². The number of aliphatic hydroxyl groups excluding tert-OH is 1. The van der Waals surface area contributed by atoms with Crippen molar-refractivity contribution < 1.29 is 5.11 Å². The van der Waals surface area contributed by atoms with Gasteiger partial charge in [-0.1, -0.05) is 0 Å². The number of nitrogens with zero attached hydrogens (tertiary/aromatic N) is 6. The molecule has 21 heavy (non-hydrogen) atoms. The first-order chi connectivity index (χ1) is 10.1. The summed E-state index contributed by atoms with van der Waals surface area (Å²) in [6.45, 7) is 4.24. The Morgan fingerprint density at radius 1 is 1.33 bits per heavy atom. The molecule has 1 unspecified atom stereocenters. The monoisotopic (exact) mass is 287 g/mol. The Morgan fingerprint density at radius 2 is 2.14 bits per heavy atom. The maximum atomic E-state index is 10.2. The van der Waals surface area contributed by atoms with Gasteiger partial charge < -0.3 is 10.4 Å². The second kappa shape index (κ2) is 5.13. The molecule has 3 heterocycles. The fourth-order valence-electron chi connectivity index (χ4n) is 2.16. The van der Waals surface area contributed by atoms with Crippen LogP contribution in [0.1, 0.15) is 22.9 Å². The molecule has 3 aromatic rings. The summed E-state index contributed by atoms with van der Waals surface area (Å²) in [4.78, 5) is 8.45. The van der Waals surface area contributed by atoms with Crippen LogP contribution in [0.2, 0.25) is 0 Å². The van der Waals surface area contributed by atoms with Crippen LogP contribution >= 0.6 is 0 Å². The second-order valence-corrected chi connectivity index (χ2v) is 4.99. The number of rotatable bonds is 4. The summed E-state index contributed by atoms with van der Waals surface area (Å²) in [7, 11) is 1.82. The Hall–Kier alpha value is -2.48. The van der Waals surface area contributed by atoms with Gasteiger partial charge in [0, 0.05) is 36.6 Å². The van der Waals surface area contributed by atoms with Gasteiger partial charge in [-0.3, -0.25) is 4.68 Å². The van der Waals surface area contributed by atoms with Crippen LogP contribution in [0, 0.1) is 13.8 Å². The maximum Gasteiger partial charge on any atom is 0.254 e. The predicted octanol–water partition coefficient (Wildman–Crippen LogP) is 0.620. The Labute approximate surface area is 121 Å². The van der Waals surface area contributed by atoms with E-state index in [-0.39, 0.29) is 0 Å². The molecule has 110 valence electrons. The predicted molar refractivity (Wildman–Crippen MR) is 76.9 cm³/mol. The molecule has 0 aliphatic rings. The van der Waals surface area contributed by atoms with Crippen LogP contribution in [-0.4, -0.2) is 41.0 Å². The largest absolute Gasteiger partial charge is 0.386 e. The third-order valence-corrected chi connectivity index (χ3v) is 3.48. The molecule has 0 fully saturated rings. The summed E-state index contributed by atoms with van der Waals surface area (Å²) in [5.74, 6) is 1.33. The lowest BCUT2D eigenvalue weighted by atomic mass is 10.2. The molecule has 8 heteroatoms. The van der Waals surface area contributed by atoms with E-state index in [0.29, 0.717) is 12.3 Å². The second-order valence-electron chi connectivity index (χ2n) is 4.99. The van der Waals surface area contributed by atoms with E-state index in [2.05, 4.69) is 25.5 Å². The average molecular weight is 287 g/mol. The molecule has 0 amide bonds. The van der Waals surface area contributed by atoms with E-state index in [9.17, 15) is 5.11 Å². The van der Waals surface area contributed by atoms with Gasteiger partial charge in [-0.25, -0.2) is 4.98 Å². The van der Waals surface area contributed by atoms with Gasteiger partial charge in [-0.2, -0.15) is 19.7 Å². The van der Waals surface area contributed by atoms with Gasteiger partial charge in [0.2, 0.25) is 0 Å². The SMILES string of the molecule is Cc1nc2ncnn2c(NCC(O)c2cnn(C)c2)c1C. The van der Waals surface area contributed by atoms with Crippen LogP contribution in [0.25, 0.3) is 5.78 Å². The molecular formula is C13H17N7O. The highest BCUT2D eigenvalue weighted by molar-refractivity contribution is 5.51. The van der Waals surface area contributed by atoms with Crippen LogP contribution in [0.15, 0.2) is 18.7 Å². The molecule has 0 aliphatic carbocycles. The van der Waals surface area contributed by atoms with Crippen molar-refractivity contribution in [1.82, 2.24) is 29.4 Å². The number of nitrogens with one attached hydrogen (secondary N) is 1. The van der Waals surface area contributed by atoms with Gasteiger partial charge in [0.15, 0.2) is 0 Å². The summed E-state index contributed by atoms with van der Waals surface area (Å²) in [5, 5.41) is 21.6. The van der Waals surface area contributed by atoms with Crippen LogP contribution in [0.4, 0.5) is 5.82 Å². The Kier molecular flexibility index (Phi) is 3.30. The van der Waals surface area contributed by atoms with E-state index in [0.717, 1.165) is 22.6 Å². The number of aryl methyl sites for hydroxylation is 2. The number of fused-ring (bicyclic) bond motifs is 1. The Morgan fingerprint density at radius 3 is 2.86 bits per heavy atom. The summed E-state index contributed by atoms with van der Waals surface area (Å²) in [5.41, 5.74) is 2.63. The van der Waals surface area contributed by atoms with E-state index in [1.807, 2.05) is 20.9 Å². The van der Waals surface area contributed by atoms with Gasteiger partial charge in [-0.05, 0) is 13.8 Å². The average Bonchev–Trinajstić information content (AvgIpc) is 3.07. The molecule has 1 atom stereocenters. The first-order valence-electron chi connectivity index (χ1n) is 6.63. The van der Waals surface area contributed by atoms with Gasteiger partial charge in [0.1, 0.15) is 12.1 Å². The Balaban J connectivity index is 1.85. The van der Waals surface area contributed by atoms with Crippen molar-refractivity contribution in [3.8, 4) is 0 Å². The number of aliphatic hydroxyl groups is 1. The molecule has 0 aliphatic heterocycles. The summed E-state index contributed by atoms with van der Waals surface area (Å²) in [6, 6.07) is 0. The van der Waals surface area contributed by atoms with Crippen molar-refractivity contribution in [2.45, 2.75) is 20.0 Å². The smallest absolute Gasteiger partial charge is 0.254 e. The summed E-state index contributed by atoms with van der Waals surface area (Å²) in [6.07, 6.45) is 4.26. The van der Waals surface area contributed by atoms with E-state index in [1.54, 1.807) is 21.6 Å². The molecule has 3 aromatic heterocycles. The first-order valence-corrected chi connectivity index (χ1v) is 6.63. The van der Waals surface area contributed by atoms with E-state index >= 15 is 0 Å². The normalized spacial score (nSPS) is 12.8. The van der Waals surface area contributed by atoms with Gasteiger partial charge >= 0.3 is 0 Å². The van der Waals surface area contributed by atoms with Crippen LogP contribution in [0.5, 0.6) is 0 Å². The zero-order valence-electron chi connectivity index (χ0n) is 12.1. The first kappa shape index (κ1) is 13.5. The molecular weight excluding hydrogens is 270 g/mol. The van der Waals surface area contributed by atoms with Crippen molar-refractivity contribution in [2.24, 2.45) is 7.05 Å². The summed E-state index contributed by atoms with van der Waals surface area (Å²) >= 11 is 0. The zero-order chi connectivity index (χ0) is 15.0. The lowest BCUT2D eigenvalue weighted by Crippen LogP contribution is -2.16. The number of hydrogen-bond donors (Lipinski definition) is 2. The highest BCUT2D eigenvalue weighted by Crippen LogP contribution is 2.19. The van der Waals surface area contributed by atoms with Crippen molar-refractivity contribution >= 4 is 11.6 Å². The fraction of sp³-hybridized carbons (Fsp3) is 0.385. The molecule has 0 aromatic carbocycles. The van der Waals surface area contributed by atoms with Gasteiger partial charge in [0.05, 0.1) is 12.3 Å². The van der Waals surface area contributed by atoms with Crippen molar-refractivity contribution in [2.75, 3.05) is 11.9 Å². The molecule has 0 spiro atoms. The lowest BCUT2D eigenvalue weighted by molar-refractivity contribution is 0.191. The van der Waals surface area contributed by atoms with Crippen molar-refractivity contribution in [1.29, 1.82) is 0 Å².